The van der Waals surface area contributed by atoms with Gasteiger partial charge in [-0.3, -0.25) is 4.40 Å². The number of hydrogen-bond acceptors (Lipinski definition) is 6. The summed E-state index contributed by atoms with van der Waals surface area (Å²) in [7, 11) is -3.11. The normalized spacial score (nSPS) is 19.5. The van der Waals surface area contributed by atoms with Crippen molar-refractivity contribution in [3.63, 3.8) is 0 Å². The molecule has 3 rings (SSSR count). The van der Waals surface area contributed by atoms with E-state index in [-0.39, 0.29) is 31.2 Å². The molecule has 2 aromatic heterocycles. The lowest BCUT2D eigenvalue weighted by atomic mass is 10.2. The standard InChI is InChI=1S/C14H19N5O4S/c20-7-6-18(11-4-8-24(22,23)10-11)14(21)15-9-13-17-16-12-3-1-2-5-19(12)13/h1-3,5,11,20H,4,6-10H2,(H,15,21)/t11-/m0/s1. The van der Waals surface area contributed by atoms with Gasteiger partial charge in [-0.05, 0) is 18.6 Å². The molecule has 10 heteroatoms. The predicted octanol–water partition coefficient (Wildman–Crippen LogP) is -0.580. The summed E-state index contributed by atoms with van der Waals surface area (Å²) in [5.41, 5.74) is 0.677. The molecule has 1 aliphatic heterocycles. The Morgan fingerprint density at radius 2 is 2.25 bits per heavy atom. The number of aliphatic hydroxyl groups is 1. The second-order valence-corrected chi connectivity index (χ2v) is 7.91. The largest absolute Gasteiger partial charge is 0.395 e. The fraction of sp³-hybridized carbons (Fsp3) is 0.500. The fourth-order valence-corrected chi connectivity index (χ4v) is 4.58. The molecule has 2 amide bonds. The molecular weight excluding hydrogens is 334 g/mol. The van der Waals surface area contributed by atoms with Gasteiger partial charge in [0.25, 0.3) is 0 Å². The Morgan fingerprint density at radius 1 is 1.42 bits per heavy atom. The Kier molecular flexibility index (Phi) is 4.67. The number of carbonyl (C=O) groups is 1. The summed E-state index contributed by atoms with van der Waals surface area (Å²) in [6.45, 7) is 0.0237. The number of sulfone groups is 1. The topological polar surface area (TPSA) is 117 Å². The Labute approximate surface area is 139 Å². The molecule has 3 heterocycles. The number of carbonyl (C=O) groups excluding carboxylic acids is 1. The van der Waals surface area contributed by atoms with Crippen LogP contribution in [-0.2, 0) is 16.4 Å². The van der Waals surface area contributed by atoms with E-state index in [0.29, 0.717) is 17.9 Å². The van der Waals surface area contributed by atoms with Crippen LogP contribution in [0, 0.1) is 0 Å². The van der Waals surface area contributed by atoms with Crippen molar-refractivity contribution in [3.8, 4) is 0 Å². The van der Waals surface area contributed by atoms with Gasteiger partial charge >= 0.3 is 6.03 Å². The van der Waals surface area contributed by atoms with Gasteiger partial charge in [0.2, 0.25) is 0 Å². The lowest BCUT2D eigenvalue weighted by Crippen LogP contribution is -2.48. The van der Waals surface area contributed by atoms with Crippen LogP contribution in [0.25, 0.3) is 5.65 Å². The van der Waals surface area contributed by atoms with E-state index in [1.54, 1.807) is 16.7 Å². The van der Waals surface area contributed by atoms with Crippen molar-refractivity contribution in [1.29, 1.82) is 0 Å². The summed E-state index contributed by atoms with van der Waals surface area (Å²) in [5.74, 6) is 0.581. The van der Waals surface area contributed by atoms with E-state index in [4.69, 9.17) is 0 Å². The number of amides is 2. The molecule has 2 N–H and O–H groups in total. The second-order valence-electron chi connectivity index (χ2n) is 5.68. The SMILES string of the molecule is O=C(NCc1nnc2ccccn12)N(CCO)[C@H]1CCS(=O)(=O)C1. The van der Waals surface area contributed by atoms with Crippen molar-refractivity contribution in [2.24, 2.45) is 0 Å². The molecule has 0 spiro atoms. The highest BCUT2D eigenvalue weighted by atomic mass is 32.2. The maximum absolute atomic E-state index is 12.4. The van der Waals surface area contributed by atoms with Crippen molar-refractivity contribution in [1.82, 2.24) is 24.8 Å². The lowest BCUT2D eigenvalue weighted by Gasteiger charge is -2.27. The van der Waals surface area contributed by atoms with Gasteiger partial charge in [-0.1, -0.05) is 6.07 Å². The van der Waals surface area contributed by atoms with Crippen LogP contribution in [0.4, 0.5) is 4.79 Å². The smallest absolute Gasteiger partial charge is 0.318 e. The molecule has 0 aliphatic carbocycles. The summed E-state index contributed by atoms with van der Waals surface area (Å²) >= 11 is 0. The molecule has 2 aromatic rings. The van der Waals surface area contributed by atoms with Crippen LogP contribution < -0.4 is 5.32 Å². The van der Waals surface area contributed by atoms with Crippen LogP contribution in [0.15, 0.2) is 24.4 Å². The predicted molar refractivity (Wildman–Crippen MR) is 86.1 cm³/mol. The van der Waals surface area contributed by atoms with Crippen LogP contribution in [-0.4, -0.2) is 69.8 Å². The second kappa shape index (κ2) is 6.73. The van der Waals surface area contributed by atoms with E-state index in [1.807, 2.05) is 12.1 Å². The summed E-state index contributed by atoms with van der Waals surface area (Å²) in [5, 5.41) is 19.9. The number of pyridine rings is 1. The van der Waals surface area contributed by atoms with Gasteiger partial charge in [-0.15, -0.1) is 10.2 Å². The molecule has 0 unspecified atom stereocenters. The molecule has 1 fully saturated rings. The summed E-state index contributed by atoms with van der Waals surface area (Å²) < 4.78 is 25.0. The van der Waals surface area contributed by atoms with Gasteiger partial charge in [0, 0.05) is 18.8 Å². The number of fused-ring (bicyclic) bond motifs is 1. The van der Waals surface area contributed by atoms with Crippen LogP contribution >= 0.6 is 0 Å². The Balaban J connectivity index is 1.67. The molecule has 0 bridgehead atoms. The molecule has 0 aromatic carbocycles. The molecule has 1 saturated heterocycles. The van der Waals surface area contributed by atoms with Gasteiger partial charge in [0.05, 0.1) is 24.7 Å². The van der Waals surface area contributed by atoms with E-state index in [0.717, 1.165) is 0 Å². The zero-order valence-electron chi connectivity index (χ0n) is 13.0. The minimum atomic E-state index is -3.11. The highest BCUT2D eigenvalue weighted by molar-refractivity contribution is 7.91. The average Bonchev–Trinajstić information content (AvgIpc) is 3.13. The van der Waals surface area contributed by atoms with Gasteiger partial charge in [-0.25, -0.2) is 13.2 Å². The average molecular weight is 353 g/mol. The van der Waals surface area contributed by atoms with Gasteiger partial charge in [-0.2, -0.15) is 0 Å². The van der Waals surface area contributed by atoms with Crippen LogP contribution in [0.5, 0.6) is 0 Å². The number of nitrogens with zero attached hydrogens (tertiary/aromatic N) is 4. The maximum atomic E-state index is 12.4. The van der Waals surface area contributed by atoms with E-state index < -0.39 is 21.9 Å². The van der Waals surface area contributed by atoms with Crippen LogP contribution in [0.3, 0.4) is 0 Å². The van der Waals surface area contributed by atoms with Crippen molar-refractivity contribution in [3.05, 3.63) is 30.2 Å². The summed E-state index contributed by atoms with van der Waals surface area (Å²) in [4.78, 5) is 13.8. The van der Waals surface area contributed by atoms with Crippen LogP contribution in [0.1, 0.15) is 12.2 Å². The maximum Gasteiger partial charge on any atom is 0.318 e. The number of rotatable bonds is 5. The van der Waals surface area contributed by atoms with Crippen LogP contribution in [0.2, 0.25) is 0 Å². The van der Waals surface area contributed by atoms with Gasteiger partial charge < -0.3 is 15.3 Å². The zero-order chi connectivity index (χ0) is 17.2. The molecular formula is C14H19N5O4S. The number of aliphatic hydroxyl groups excluding tert-OH is 1. The number of hydrogen-bond donors (Lipinski definition) is 2. The number of nitrogens with one attached hydrogen (secondary N) is 1. The molecule has 130 valence electrons. The van der Waals surface area contributed by atoms with Gasteiger partial charge in [0.1, 0.15) is 0 Å². The Hall–Kier alpha value is -2.20. The summed E-state index contributed by atoms with van der Waals surface area (Å²) in [6.07, 6.45) is 2.19. The third kappa shape index (κ3) is 3.49. The minimum absolute atomic E-state index is 0.0612. The highest BCUT2D eigenvalue weighted by Gasteiger charge is 2.34. The van der Waals surface area contributed by atoms with Crippen molar-refractivity contribution >= 4 is 21.5 Å². The molecule has 9 nitrogen and oxygen atoms in total. The van der Waals surface area contributed by atoms with Gasteiger partial charge in [0.15, 0.2) is 21.3 Å². The van der Waals surface area contributed by atoms with Crippen molar-refractivity contribution < 1.29 is 18.3 Å². The van der Waals surface area contributed by atoms with E-state index >= 15 is 0 Å². The first kappa shape index (κ1) is 16.7. The number of urea groups is 1. The molecule has 0 radical (unpaired) electrons. The first-order valence-electron chi connectivity index (χ1n) is 7.64. The number of aromatic nitrogens is 3. The fourth-order valence-electron chi connectivity index (χ4n) is 2.85. The first-order chi connectivity index (χ1) is 11.5. The van der Waals surface area contributed by atoms with E-state index in [1.165, 1.54) is 4.90 Å². The highest BCUT2D eigenvalue weighted by Crippen LogP contribution is 2.17. The first-order valence-corrected chi connectivity index (χ1v) is 9.47. The molecule has 0 saturated carbocycles. The summed E-state index contributed by atoms with van der Waals surface area (Å²) in [6, 6.07) is 4.66. The lowest BCUT2D eigenvalue weighted by molar-refractivity contribution is 0.157. The van der Waals surface area contributed by atoms with Crippen molar-refractivity contribution in [2.45, 2.75) is 19.0 Å². The minimum Gasteiger partial charge on any atom is -0.395 e. The van der Waals surface area contributed by atoms with E-state index in [9.17, 15) is 18.3 Å². The zero-order valence-corrected chi connectivity index (χ0v) is 13.8. The van der Waals surface area contributed by atoms with E-state index in [2.05, 4.69) is 15.5 Å². The monoisotopic (exact) mass is 353 g/mol. The molecule has 1 atom stereocenters. The molecule has 24 heavy (non-hydrogen) atoms. The van der Waals surface area contributed by atoms with Crippen molar-refractivity contribution in [2.75, 3.05) is 24.7 Å². The molecule has 1 aliphatic rings. The quantitative estimate of drug-likeness (QED) is 0.743. The Morgan fingerprint density at radius 3 is 2.96 bits per heavy atom. The third-order valence-corrected chi connectivity index (χ3v) is 5.78. The Bertz CT molecular complexity index is 835. The third-order valence-electron chi connectivity index (χ3n) is 4.03.